The molecule has 0 radical (unpaired) electrons. The summed E-state index contributed by atoms with van der Waals surface area (Å²) in [5.41, 5.74) is 1.82. The van der Waals surface area contributed by atoms with E-state index in [-0.39, 0.29) is 0 Å². The van der Waals surface area contributed by atoms with Gasteiger partial charge in [-0.15, -0.1) is 0 Å². The van der Waals surface area contributed by atoms with Crippen LogP contribution in [0.2, 0.25) is 0 Å². The minimum Gasteiger partial charge on any atom is -0.316 e. The molecule has 0 saturated heterocycles. The number of hydrogen-bond donors (Lipinski definition) is 1. The van der Waals surface area contributed by atoms with Crippen molar-refractivity contribution in [3.8, 4) is 0 Å². The summed E-state index contributed by atoms with van der Waals surface area (Å²) >= 11 is 3.52. The number of pyridine rings is 1. The van der Waals surface area contributed by atoms with Crippen molar-refractivity contribution in [1.29, 1.82) is 0 Å². The molecule has 1 heterocycles. The first kappa shape index (κ1) is 15.0. The smallest absolute Gasteiger partial charge is 0.0410 e. The molecule has 1 aromatic heterocycles. The zero-order valence-corrected chi connectivity index (χ0v) is 13.7. The Balaban J connectivity index is 1.99. The Morgan fingerprint density at radius 1 is 1.32 bits per heavy atom. The van der Waals surface area contributed by atoms with Crippen LogP contribution in [0.25, 0.3) is 0 Å². The molecule has 0 aromatic carbocycles. The van der Waals surface area contributed by atoms with Crippen molar-refractivity contribution < 1.29 is 0 Å². The largest absolute Gasteiger partial charge is 0.316 e. The van der Waals surface area contributed by atoms with Crippen LogP contribution in [0, 0.1) is 11.3 Å². The summed E-state index contributed by atoms with van der Waals surface area (Å²) in [7, 11) is 0. The van der Waals surface area contributed by atoms with Crippen LogP contribution in [-0.4, -0.2) is 18.1 Å². The van der Waals surface area contributed by atoms with Gasteiger partial charge >= 0.3 is 0 Å². The van der Waals surface area contributed by atoms with Crippen LogP contribution in [0.1, 0.15) is 45.1 Å². The molecule has 0 spiro atoms. The molecule has 3 heteroatoms. The highest BCUT2D eigenvalue weighted by Crippen LogP contribution is 2.40. The molecule has 1 saturated carbocycles. The second kappa shape index (κ2) is 6.85. The average Bonchev–Trinajstić information content (AvgIpc) is 2.77. The molecule has 1 aromatic rings. The number of hydrogen-bond acceptors (Lipinski definition) is 2. The Hall–Kier alpha value is -0.410. The number of nitrogens with one attached hydrogen (secondary N) is 1. The molecule has 0 bridgehead atoms. The molecule has 106 valence electrons. The molecule has 2 nitrogen and oxygen atoms in total. The topological polar surface area (TPSA) is 24.9 Å². The predicted octanol–water partition coefficient (Wildman–Crippen LogP) is 4.19. The van der Waals surface area contributed by atoms with Crippen LogP contribution in [0.15, 0.2) is 22.9 Å². The van der Waals surface area contributed by atoms with E-state index < -0.39 is 0 Å². The molecular formula is C16H25BrN2. The van der Waals surface area contributed by atoms with Gasteiger partial charge in [-0.1, -0.05) is 26.7 Å². The monoisotopic (exact) mass is 324 g/mol. The van der Waals surface area contributed by atoms with E-state index in [2.05, 4.69) is 46.1 Å². The van der Waals surface area contributed by atoms with E-state index in [0.29, 0.717) is 5.41 Å². The summed E-state index contributed by atoms with van der Waals surface area (Å²) in [5.74, 6) is 0.728. The molecule has 19 heavy (non-hydrogen) atoms. The van der Waals surface area contributed by atoms with Gasteiger partial charge in [0.2, 0.25) is 0 Å². The number of rotatable bonds is 6. The zero-order valence-electron chi connectivity index (χ0n) is 12.1. The Morgan fingerprint density at radius 2 is 2.05 bits per heavy atom. The molecule has 1 aliphatic rings. The maximum atomic E-state index is 4.30. The summed E-state index contributed by atoms with van der Waals surface area (Å²) in [4.78, 5) is 4.30. The summed E-state index contributed by atoms with van der Waals surface area (Å²) in [6.45, 7) is 6.81. The van der Waals surface area contributed by atoms with Gasteiger partial charge in [0, 0.05) is 23.4 Å². The normalized spacial score (nSPS) is 18.1. The van der Waals surface area contributed by atoms with Gasteiger partial charge in [0.05, 0.1) is 0 Å². The van der Waals surface area contributed by atoms with Crippen LogP contribution in [0.3, 0.4) is 0 Å². The van der Waals surface area contributed by atoms with Gasteiger partial charge < -0.3 is 5.32 Å². The fraction of sp³-hybridized carbons (Fsp3) is 0.688. The van der Waals surface area contributed by atoms with E-state index in [9.17, 15) is 0 Å². The van der Waals surface area contributed by atoms with E-state index in [1.54, 1.807) is 0 Å². The molecular weight excluding hydrogens is 300 g/mol. The maximum absolute atomic E-state index is 4.30. The van der Waals surface area contributed by atoms with Crippen molar-refractivity contribution in [2.24, 2.45) is 11.3 Å². The molecule has 1 fully saturated rings. The molecule has 0 aliphatic heterocycles. The third-order valence-corrected chi connectivity index (χ3v) is 4.49. The van der Waals surface area contributed by atoms with Crippen LogP contribution in [-0.2, 0) is 6.42 Å². The summed E-state index contributed by atoms with van der Waals surface area (Å²) in [5, 5.41) is 3.67. The van der Waals surface area contributed by atoms with E-state index >= 15 is 0 Å². The lowest BCUT2D eigenvalue weighted by Crippen LogP contribution is -2.35. The standard InChI is InChI=1S/C16H25BrN2/c1-13(2)9-19-12-16(5-3-4-6-16)8-14-7-15(17)11-18-10-14/h7,10-11,13,19H,3-6,8-9,12H2,1-2H3. The molecule has 0 unspecified atom stereocenters. The van der Waals surface area contributed by atoms with Crippen LogP contribution in [0.4, 0.5) is 0 Å². The molecule has 0 atom stereocenters. The second-order valence-electron chi connectivity index (χ2n) is 6.42. The minimum atomic E-state index is 0.456. The quantitative estimate of drug-likeness (QED) is 0.848. The highest BCUT2D eigenvalue weighted by molar-refractivity contribution is 9.10. The molecule has 1 aliphatic carbocycles. The van der Waals surface area contributed by atoms with Crippen LogP contribution >= 0.6 is 15.9 Å². The van der Waals surface area contributed by atoms with Crippen molar-refractivity contribution in [1.82, 2.24) is 10.3 Å². The lowest BCUT2D eigenvalue weighted by molar-refractivity contribution is 0.273. The highest BCUT2D eigenvalue weighted by atomic mass is 79.9. The lowest BCUT2D eigenvalue weighted by Gasteiger charge is -2.30. The number of halogens is 1. The highest BCUT2D eigenvalue weighted by Gasteiger charge is 2.33. The number of aromatic nitrogens is 1. The first-order valence-corrected chi connectivity index (χ1v) is 8.19. The zero-order chi connectivity index (χ0) is 13.7. The van der Waals surface area contributed by atoms with Crippen molar-refractivity contribution >= 4 is 15.9 Å². The van der Waals surface area contributed by atoms with E-state index in [1.807, 2.05) is 12.4 Å². The Labute approximate surface area is 125 Å². The third-order valence-electron chi connectivity index (χ3n) is 4.06. The average molecular weight is 325 g/mol. The van der Waals surface area contributed by atoms with E-state index in [0.717, 1.165) is 29.9 Å². The Morgan fingerprint density at radius 3 is 2.68 bits per heavy atom. The Kier molecular flexibility index (Phi) is 5.40. The fourth-order valence-corrected chi connectivity index (χ4v) is 3.56. The SMILES string of the molecule is CC(C)CNCC1(Cc2cncc(Br)c2)CCCC1. The van der Waals surface area contributed by atoms with Gasteiger partial charge in [0.25, 0.3) is 0 Å². The van der Waals surface area contributed by atoms with Crippen molar-refractivity contribution in [2.75, 3.05) is 13.1 Å². The summed E-state index contributed by atoms with van der Waals surface area (Å²) < 4.78 is 1.09. The lowest BCUT2D eigenvalue weighted by atomic mass is 9.80. The van der Waals surface area contributed by atoms with Gasteiger partial charge in [-0.2, -0.15) is 0 Å². The molecule has 0 amide bonds. The van der Waals surface area contributed by atoms with E-state index in [1.165, 1.54) is 31.2 Å². The summed E-state index contributed by atoms with van der Waals surface area (Å²) in [6.07, 6.45) is 10.5. The molecule has 2 rings (SSSR count). The molecule has 1 N–H and O–H groups in total. The van der Waals surface area contributed by atoms with Gasteiger partial charge in [0.1, 0.15) is 0 Å². The third kappa shape index (κ3) is 4.57. The maximum Gasteiger partial charge on any atom is 0.0410 e. The summed E-state index contributed by atoms with van der Waals surface area (Å²) in [6, 6.07) is 2.22. The van der Waals surface area contributed by atoms with Gasteiger partial charge in [0.15, 0.2) is 0 Å². The van der Waals surface area contributed by atoms with E-state index in [4.69, 9.17) is 0 Å². The van der Waals surface area contributed by atoms with Gasteiger partial charge in [-0.25, -0.2) is 0 Å². The van der Waals surface area contributed by atoms with Gasteiger partial charge in [-0.3, -0.25) is 4.98 Å². The van der Waals surface area contributed by atoms with Crippen LogP contribution < -0.4 is 5.32 Å². The Bertz CT molecular complexity index is 397. The van der Waals surface area contributed by atoms with Crippen molar-refractivity contribution in [3.63, 3.8) is 0 Å². The predicted molar refractivity (Wildman–Crippen MR) is 84.2 cm³/mol. The van der Waals surface area contributed by atoms with Crippen molar-refractivity contribution in [2.45, 2.75) is 46.0 Å². The first-order valence-electron chi connectivity index (χ1n) is 7.40. The van der Waals surface area contributed by atoms with Gasteiger partial charge in [-0.05, 0) is 64.7 Å². The second-order valence-corrected chi connectivity index (χ2v) is 7.34. The number of nitrogens with zero attached hydrogens (tertiary/aromatic N) is 1. The van der Waals surface area contributed by atoms with Crippen molar-refractivity contribution in [3.05, 3.63) is 28.5 Å². The van der Waals surface area contributed by atoms with Crippen LogP contribution in [0.5, 0.6) is 0 Å². The fourth-order valence-electron chi connectivity index (χ4n) is 3.15. The first-order chi connectivity index (χ1) is 9.10. The minimum absolute atomic E-state index is 0.456.